The summed E-state index contributed by atoms with van der Waals surface area (Å²) in [5.41, 5.74) is 14.3. The molecule has 4 N–H and O–H groups in total. The Labute approximate surface area is 446 Å². The summed E-state index contributed by atoms with van der Waals surface area (Å²) >= 11 is 0. The molecule has 0 radical (unpaired) electrons. The Kier molecular flexibility index (Phi) is 16.9. The van der Waals surface area contributed by atoms with Crippen LogP contribution in [-0.2, 0) is 37.6 Å². The molecule has 1 aliphatic rings. The van der Waals surface area contributed by atoms with Gasteiger partial charge in [0.1, 0.15) is 31.0 Å². The number of nitrogens with zero attached hydrogens (tertiary/aromatic N) is 2. The van der Waals surface area contributed by atoms with E-state index in [1.54, 1.807) is 24.3 Å². The molecule has 0 heterocycles. The van der Waals surface area contributed by atoms with E-state index in [9.17, 15) is 24.5 Å². The van der Waals surface area contributed by atoms with Crippen molar-refractivity contribution in [1.82, 2.24) is 10.6 Å². The molecule has 0 saturated heterocycles. The number of nitrogens with two attached hydrogens (primary N) is 1. The van der Waals surface area contributed by atoms with Crippen molar-refractivity contribution in [3.05, 3.63) is 267 Å². The molecule has 0 aliphatic heterocycles. The SMILES string of the molecule is NC(=O)C(CCCCNC(c1ccccc1)(c1ccccc1)c1ccccc1)N(C(=O)C(Cc1ccccc1)NC(=O)OCC1c2ccccc2-c2ccccc21)c1ccc(COC(=O)Oc2ccc([N+](=O)[O-])cc2)cc1. The van der Waals surface area contributed by atoms with Crippen LogP contribution in [-0.4, -0.2) is 54.2 Å². The predicted octanol–water partition coefficient (Wildman–Crippen LogP) is 11.4. The number of alkyl carbamates (subject to hydrolysis) is 1. The molecule has 0 bridgehead atoms. The average Bonchev–Trinajstić information content (AvgIpc) is 3.80. The minimum Gasteiger partial charge on any atom is -0.449 e. The second-order valence-corrected chi connectivity index (χ2v) is 18.7. The number of ether oxygens (including phenoxy) is 3. The Bertz CT molecular complexity index is 3150. The number of fused-ring (bicyclic) bond motifs is 3. The highest BCUT2D eigenvalue weighted by molar-refractivity contribution is 6.04. The molecule has 0 saturated carbocycles. The van der Waals surface area contributed by atoms with Crippen molar-refractivity contribution in [2.75, 3.05) is 18.1 Å². The number of hydrogen-bond acceptors (Lipinski definition) is 10. The number of benzene rings is 8. The van der Waals surface area contributed by atoms with Gasteiger partial charge in [0, 0.05) is 30.2 Å². The highest BCUT2D eigenvalue weighted by atomic mass is 16.7. The first-order valence-electron chi connectivity index (χ1n) is 25.5. The van der Waals surface area contributed by atoms with Gasteiger partial charge in [-0.15, -0.1) is 0 Å². The van der Waals surface area contributed by atoms with Crippen LogP contribution in [0.4, 0.5) is 21.0 Å². The van der Waals surface area contributed by atoms with Crippen LogP contribution in [0.1, 0.15) is 64.1 Å². The van der Waals surface area contributed by atoms with Crippen LogP contribution in [0, 0.1) is 10.1 Å². The van der Waals surface area contributed by atoms with E-state index in [-0.39, 0.29) is 43.4 Å². The van der Waals surface area contributed by atoms with Crippen molar-refractivity contribution in [3.8, 4) is 16.9 Å². The molecule has 14 nitrogen and oxygen atoms in total. The molecule has 14 heteroatoms. The lowest BCUT2D eigenvalue weighted by Gasteiger charge is -2.37. The lowest BCUT2D eigenvalue weighted by molar-refractivity contribution is -0.384. The number of nitro benzene ring substituents is 1. The van der Waals surface area contributed by atoms with Gasteiger partial charge in [-0.05, 0) is 100 Å². The first-order valence-corrected chi connectivity index (χ1v) is 25.5. The first-order chi connectivity index (χ1) is 37.6. The van der Waals surface area contributed by atoms with Gasteiger partial charge in [-0.3, -0.25) is 29.9 Å². The van der Waals surface area contributed by atoms with Crippen molar-refractivity contribution >= 4 is 35.4 Å². The van der Waals surface area contributed by atoms with Gasteiger partial charge < -0.3 is 25.3 Å². The average molecular weight is 1030 g/mol. The molecular weight excluding hydrogens is 971 g/mol. The summed E-state index contributed by atoms with van der Waals surface area (Å²) in [4.78, 5) is 67.9. The second-order valence-electron chi connectivity index (χ2n) is 18.7. The van der Waals surface area contributed by atoms with Gasteiger partial charge in [0.05, 0.1) is 10.5 Å². The Morgan fingerprint density at radius 2 is 1.13 bits per heavy atom. The summed E-state index contributed by atoms with van der Waals surface area (Å²) in [6.45, 7) is 0.293. The Morgan fingerprint density at radius 3 is 1.66 bits per heavy atom. The molecular formula is C63H57N5O9. The van der Waals surface area contributed by atoms with Gasteiger partial charge in [-0.25, -0.2) is 9.59 Å². The van der Waals surface area contributed by atoms with Crippen molar-refractivity contribution in [3.63, 3.8) is 0 Å². The molecule has 1 aliphatic carbocycles. The van der Waals surface area contributed by atoms with Crippen molar-refractivity contribution in [2.45, 2.75) is 55.8 Å². The highest BCUT2D eigenvalue weighted by Gasteiger charge is 2.38. The molecule has 2 atom stereocenters. The van der Waals surface area contributed by atoms with Crippen LogP contribution in [0.3, 0.4) is 0 Å². The molecule has 0 fully saturated rings. The standard InChI is InChI=1S/C63H57N5O9/c64-59(69)58(31-17-18-40-65-63(46-21-7-2-8-22-46,47-23-9-3-10-24-47)48-25-11-4-12-26-48)67(49-34-32-45(33-35-49)42-76-62(72)77-51-38-36-50(37-39-51)68(73)74)60(70)57(41-44-19-5-1-6-20-44)66-61(71)75-43-56-54-29-15-13-27-52(54)53-28-14-16-30-55(53)56/h1-16,19-30,32-39,56-58,65H,17-18,31,40-43H2,(H2,64,69)(H,66,71). The number of unbranched alkanes of at least 4 members (excludes halogenated alkanes) is 1. The molecule has 8 aromatic carbocycles. The van der Waals surface area contributed by atoms with Crippen LogP contribution in [0.15, 0.2) is 218 Å². The molecule has 8 aromatic rings. The Morgan fingerprint density at radius 1 is 0.610 bits per heavy atom. The normalized spacial score (nSPS) is 12.5. The monoisotopic (exact) mass is 1030 g/mol. The van der Waals surface area contributed by atoms with Gasteiger partial charge in [0.15, 0.2) is 0 Å². The van der Waals surface area contributed by atoms with Crippen LogP contribution in [0.25, 0.3) is 11.1 Å². The number of nitro groups is 1. The zero-order valence-electron chi connectivity index (χ0n) is 42.1. The van der Waals surface area contributed by atoms with E-state index in [0.29, 0.717) is 30.6 Å². The van der Waals surface area contributed by atoms with Crippen LogP contribution in [0.2, 0.25) is 0 Å². The van der Waals surface area contributed by atoms with Gasteiger partial charge >= 0.3 is 12.2 Å². The number of nitrogens with one attached hydrogen (secondary N) is 2. The minimum atomic E-state index is -1.22. The van der Waals surface area contributed by atoms with Crippen molar-refractivity contribution in [1.29, 1.82) is 0 Å². The molecule has 0 spiro atoms. The summed E-state index contributed by atoms with van der Waals surface area (Å²) in [7, 11) is 0. The fraction of sp³-hybridized carbons (Fsp3) is 0.175. The van der Waals surface area contributed by atoms with Gasteiger partial charge in [-0.2, -0.15) is 0 Å². The first kappa shape index (κ1) is 52.5. The van der Waals surface area contributed by atoms with Crippen LogP contribution in [0.5, 0.6) is 5.75 Å². The number of primary amides is 1. The van der Waals surface area contributed by atoms with Crippen LogP contribution >= 0.6 is 0 Å². The fourth-order valence-corrected chi connectivity index (χ4v) is 10.1. The summed E-state index contributed by atoms with van der Waals surface area (Å²) < 4.78 is 16.6. The van der Waals surface area contributed by atoms with Crippen molar-refractivity contribution in [2.24, 2.45) is 5.73 Å². The number of anilines is 1. The molecule has 0 aromatic heterocycles. The lowest BCUT2D eigenvalue weighted by atomic mass is 9.77. The minimum absolute atomic E-state index is 0.0127. The van der Waals surface area contributed by atoms with E-state index < -0.39 is 46.6 Å². The van der Waals surface area contributed by atoms with E-state index >= 15 is 4.79 Å². The third-order valence-electron chi connectivity index (χ3n) is 13.8. The van der Waals surface area contributed by atoms with E-state index in [2.05, 4.69) is 59.2 Å². The molecule has 388 valence electrons. The summed E-state index contributed by atoms with van der Waals surface area (Å²) in [6, 6.07) is 65.1. The Balaban J connectivity index is 0.969. The van der Waals surface area contributed by atoms with E-state index in [1.807, 2.05) is 121 Å². The van der Waals surface area contributed by atoms with E-state index in [4.69, 9.17) is 19.9 Å². The maximum Gasteiger partial charge on any atom is 0.514 e. The number of rotatable bonds is 22. The van der Waals surface area contributed by atoms with E-state index in [1.165, 1.54) is 29.2 Å². The van der Waals surface area contributed by atoms with E-state index in [0.717, 1.165) is 44.5 Å². The molecule has 9 rings (SSSR count). The topological polar surface area (TPSA) is 192 Å². The second kappa shape index (κ2) is 24.8. The highest BCUT2D eigenvalue weighted by Crippen LogP contribution is 2.44. The fourth-order valence-electron chi connectivity index (χ4n) is 10.1. The van der Waals surface area contributed by atoms with Gasteiger partial charge in [0.2, 0.25) is 5.91 Å². The maximum atomic E-state index is 15.5. The summed E-state index contributed by atoms with van der Waals surface area (Å²) in [5.74, 6) is -1.53. The zero-order valence-corrected chi connectivity index (χ0v) is 42.1. The zero-order chi connectivity index (χ0) is 53.6. The van der Waals surface area contributed by atoms with Crippen molar-refractivity contribution < 1.29 is 38.3 Å². The largest absolute Gasteiger partial charge is 0.514 e. The van der Waals surface area contributed by atoms with Gasteiger partial charge in [-0.1, -0.05) is 182 Å². The Hall–Kier alpha value is -9.40. The number of carbonyl (C=O) groups excluding carboxylic acids is 4. The number of amides is 3. The number of non-ortho nitro benzene ring substituents is 1. The van der Waals surface area contributed by atoms with Crippen LogP contribution < -0.4 is 26.0 Å². The smallest absolute Gasteiger partial charge is 0.449 e. The molecule has 2 unspecified atom stereocenters. The lowest BCUT2D eigenvalue weighted by Crippen LogP contribution is -2.56. The predicted molar refractivity (Wildman–Crippen MR) is 294 cm³/mol. The van der Waals surface area contributed by atoms with Gasteiger partial charge in [0.25, 0.3) is 11.6 Å². The number of hydrogen-bond donors (Lipinski definition) is 3. The third kappa shape index (κ3) is 12.4. The number of carbonyl (C=O) groups is 4. The molecule has 3 amide bonds. The maximum absolute atomic E-state index is 15.5. The summed E-state index contributed by atoms with van der Waals surface area (Å²) in [6.07, 6.45) is -0.587. The quantitative estimate of drug-likeness (QED) is 0.0147. The third-order valence-corrected chi connectivity index (χ3v) is 13.8. The summed E-state index contributed by atoms with van der Waals surface area (Å²) in [5, 5.41) is 17.8. The molecule has 77 heavy (non-hydrogen) atoms.